The molecule has 0 radical (unpaired) electrons. The molecule has 1 atom stereocenters. The van der Waals surface area contributed by atoms with Gasteiger partial charge in [0.2, 0.25) is 0 Å². The van der Waals surface area contributed by atoms with Crippen LogP contribution >= 0.6 is 35.3 Å². The number of hydrogen-bond acceptors (Lipinski definition) is 5. The van der Waals surface area contributed by atoms with Crippen molar-refractivity contribution in [1.29, 1.82) is 0 Å². The smallest absolute Gasteiger partial charge is 0.191 e. The van der Waals surface area contributed by atoms with Gasteiger partial charge in [0.25, 0.3) is 0 Å². The Kier molecular flexibility index (Phi) is 8.86. The number of aliphatic imine (C=N–C) groups is 1. The Morgan fingerprint density at radius 2 is 2.19 bits per heavy atom. The van der Waals surface area contributed by atoms with Gasteiger partial charge in [0.1, 0.15) is 5.76 Å². The number of rotatable bonds is 7. The van der Waals surface area contributed by atoms with Crippen LogP contribution in [0.1, 0.15) is 41.5 Å². The lowest BCUT2D eigenvalue weighted by Gasteiger charge is -2.26. The molecule has 6 nitrogen and oxygen atoms in total. The Labute approximate surface area is 176 Å². The summed E-state index contributed by atoms with van der Waals surface area (Å²) >= 11 is 1.69. The molecule has 144 valence electrons. The Morgan fingerprint density at radius 1 is 1.38 bits per heavy atom. The van der Waals surface area contributed by atoms with Crippen molar-refractivity contribution in [3.8, 4) is 0 Å². The zero-order valence-corrected chi connectivity index (χ0v) is 18.5. The fraction of sp³-hybridized carbons (Fsp3) is 0.556. The van der Waals surface area contributed by atoms with Crippen LogP contribution in [0.2, 0.25) is 0 Å². The zero-order valence-electron chi connectivity index (χ0n) is 15.4. The molecular formula is C18H28IN5OS. The summed E-state index contributed by atoms with van der Waals surface area (Å²) in [4.78, 5) is 12.6. The third-order valence-corrected chi connectivity index (χ3v) is 5.22. The van der Waals surface area contributed by atoms with Crippen molar-refractivity contribution in [3.05, 3.63) is 40.2 Å². The molecule has 1 unspecified atom stereocenters. The molecule has 0 aromatic carbocycles. The number of hydrogen-bond donors (Lipinski definition) is 2. The quantitative estimate of drug-likeness (QED) is 0.354. The van der Waals surface area contributed by atoms with Crippen molar-refractivity contribution < 1.29 is 4.42 Å². The molecule has 2 N–H and O–H groups in total. The number of aryl methyl sites for hydroxylation is 1. The maximum absolute atomic E-state index is 5.68. The fourth-order valence-corrected chi connectivity index (χ4v) is 3.83. The lowest BCUT2D eigenvalue weighted by Crippen LogP contribution is -2.42. The van der Waals surface area contributed by atoms with E-state index in [0.717, 1.165) is 42.9 Å². The van der Waals surface area contributed by atoms with E-state index in [0.29, 0.717) is 6.54 Å². The Bertz CT molecular complexity index is 667. The lowest BCUT2D eigenvalue weighted by molar-refractivity contribution is 0.215. The minimum Gasteiger partial charge on any atom is -0.468 e. The standard InChI is InChI=1S/C18H27N5OS.HI/c1-3-19-18(21-12-15-11-20-14(2)25-15)22-13-16(17-7-6-10-24-17)23-8-4-5-9-23;/h6-7,10-11,16H,3-5,8-9,12-13H2,1-2H3,(H2,19,21,22);1H. The highest BCUT2D eigenvalue weighted by Crippen LogP contribution is 2.24. The van der Waals surface area contributed by atoms with Gasteiger partial charge in [-0.1, -0.05) is 0 Å². The van der Waals surface area contributed by atoms with Gasteiger partial charge >= 0.3 is 0 Å². The maximum atomic E-state index is 5.68. The largest absolute Gasteiger partial charge is 0.468 e. The van der Waals surface area contributed by atoms with E-state index in [9.17, 15) is 0 Å². The van der Waals surface area contributed by atoms with Crippen LogP contribution in [0.25, 0.3) is 0 Å². The summed E-state index contributed by atoms with van der Waals surface area (Å²) in [6.07, 6.45) is 6.18. The lowest BCUT2D eigenvalue weighted by atomic mass is 10.2. The van der Waals surface area contributed by atoms with Crippen LogP contribution in [0.15, 0.2) is 34.0 Å². The van der Waals surface area contributed by atoms with E-state index < -0.39 is 0 Å². The second-order valence-electron chi connectivity index (χ2n) is 6.20. The van der Waals surface area contributed by atoms with Crippen molar-refractivity contribution >= 4 is 41.3 Å². The highest BCUT2D eigenvalue weighted by atomic mass is 127. The molecule has 1 saturated heterocycles. The molecule has 0 amide bonds. The molecule has 3 heterocycles. The van der Waals surface area contributed by atoms with E-state index in [1.807, 2.05) is 19.2 Å². The number of guanidine groups is 1. The van der Waals surface area contributed by atoms with Crippen LogP contribution in [0.4, 0.5) is 0 Å². The minimum absolute atomic E-state index is 0. The summed E-state index contributed by atoms with van der Waals surface area (Å²) in [5, 5.41) is 7.89. The summed E-state index contributed by atoms with van der Waals surface area (Å²) in [5.41, 5.74) is 0. The minimum atomic E-state index is 0. The summed E-state index contributed by atoms with van der Waals surface area (Å²) in [6.45, 7) is 8.62. The van der Waals surface area contributed by atoms with Gasteiger partial charge in [0.05, 0.1) is 23.9 Å². The molecule has 1 aliphatic rings. The van der Waals surface area contributed by atoms with Crippen LogP contribution < -0.4 is 10.6 Å². The Balaban J connectivity index is 0.00000243. The monoisotopic (exact) mass is 489 g/mol. The fourth-order valence-electron chi connectivity index (χ4n) is 3.11. The molecular weight excluding hydrogens is 461 g/mol. The van der Waals surface area contributed by atoms with Crippen molar-refractivity contribution in [3.63, 3.8) is 0 Å². The number of halogens is 1. The number of aromatic nitrogens is 1. The highest BCUT2D eigenvalue weighted by Gasteiger charge is 2.25. The first kappa shape index (κ1) is 21.2. The number of nitrogens with zero attached hydrogens (tertiary/aromatic N) is 3. The van der Waals surface area contributed by atoms with Gasteiger partial charge in [-0.05, 0) is 51.9 Å². The normalized spacial score (nSPS) is 16.3. The molecule has 1 fully saturated rings. The van der Waals surface area contributed by atoms with E-state index in [4.69, 9.17) is 9.41 Å². The number of nitrogens with one attached hydrogen (secondary N) is 2. The summed E-state index contributed by atoms with van der Waals surface area (Å²) in [7, 11) is 0. The predicted molar refractivity (Wildman–Crippen MR) is 117 cm³/mol. The maximum Gasteiger partial charge on any atom is 0.191 e. The Hall–Kier alpha value is -1.13. The van der Waals surface area contributed by atoms with E-state index in [1.54, 1.807) is 17.6 Å². The first-order valence-corrected chi connectivity index (χ1v) is 9.79. The van der Waals surface area contributed by atoms with Gasteiger partial charge < -0.3 is 15.1 Å². The molecule has 2 aromatic rings. The van der Waals surface area contributed by atoms with Gasteiger partial charge in [-0.2, -0.15) is 0 Å². The first-order valence-electron chi connectivity index (χ1n) is 8.97. The average molecular weight is 489 g/mol. The second kappa shape index (κ2) is 10.9. The van der Waals surface area contributed by atoms with E-state index in [2.05, 4.69) is 33.5 Å². The zero-order chi connectivity index (χ0) is 17.5. The number of likely N-dealkylation sites (tertiary alicyclic amines) is 1. The van der Waals surface area contributed by atoms with Crippen LogP contribution in [0.3, 0.4) is 0 Å². The molecule has 8 heteroatoms. The van der Waals surface area contributed by atoms with E-state index >= 15 is 0 Å². The van der Waals surface area contributed by atoms with Crippen LogP contribution in [0.5, 0.6) is 0 Å². The SMILES string of the molecule is CCNC(=NCc1cnc(C)s1)NCC(c1ccco1)N1CCCC1.I. The van der Waals surface area contributed by atoms with Crippen molar-refractivity contribution in [2.45, 2.75) is 39.3 Å². The number of thiazole rings is 1. The Morgan fingerprint density at radius 3 is 2.81 bits per heavy atom. The highest BCUT2D eigenvalue weighted by molar-refractivity contribution is 14.0. The number of furan rings is 1. The van der Waals surface area contributed by atoms with Crippen LogP contribution in [0, 0.1) is 6.92 Å². The summed E-state index contributed by atoms with van der Waals surface area (Å²) < 4.78 is 5.68. The molecule has 26 heavy (non-hydrogen) atoms. The van der Waals surface area contributed by atoms with Crippen molar-refractivity contribution in [2.75, 3.05) is 26.2 Å². The molecule has 0 aliphatic carbocycles. The van der Waals surface area contributed by atoms with E-state index in [1.165, 1.54) is 17.7 Å². The van der Waals surface area contributed by atoms with E-state index in [-0.39, 0.29) is 30.0 Å². The summed E-state index contributed by atoms with van der Waals surface area (Å²) in [5.74, 6) is 1.85. The predicted octanol–water partition coefficient (Wildman–Crippen LogP) is 3.55. The van der Waals surface area contributed by atoms with Gasteiger partial charge in [0, 0.05) is 24.2 Å². The van der Waals surface area contributed by atoms with Gasteiger partial charge in [-0.3, -0.25) is 4.90 Å². The summed E-state index contributed by atoms with van der Waals surface area (Å²) in [6, 6.07) is 4.27. The third-order valence-electron chi connectivity index (χ3n) is 4.32. The molecule has 2 aromatic heterocycles. The second-order valence-corrected chi connectivity index (χ2v) is 7.52. The van der Waals surface area contributed by atoms with Gasteiger partial charge in [-0.25, -0.2) is 9.98 Å². The molecule has 0 saturated carbocycles. The molecule has 3 rings (SSSR count). The topological polar surface area (TPSA) is 65.7 Å². The van der Waals surface area contributed by atoms with Crippen molar-refractivity contribution in [1.82, 2.24) is 20.5 Å². The first-order chi connectivity index (χ1) is 12.3. The van der Waals surface area contributed by atoms with Crippen LogP contribution in [-0.4, -0.2) is 42.0 Å². The molecule has 0 bridgehead atoms. The molecule has 0 spiro atoms. The third kappa shape index (κ3) is 5.95. The van der Waals surface area contributed by atoms with Gasteiger partial charge in [-0.15, -0.1) is 35.3 Å². The van der Waals surface area contributed by atoms with Crippen LogP contribution in [-0.2, 0) is 6.54 Å². The molecule has 1 aliphatic heterocycles. The van der Waals surface area contributed by atoms with Gasteiger partial charge in [0.15, 0.2) is 5.96 Å². The van der Waals surface area contributed by atoms with Crippen molar-refractivity contribution in [2.24, 2.45) is 4.99 Å². The average Bonchev–Trinajstić information content (AvgIpc) is 3.36.